The Morgan fingerprint density at radius 2 is 1.80 bits per heavy atom. The Kier molecular flexibility index (Phi) is 6.84. The molecule has 1 aliphatic heterocycles. The maximum atomic E-state index is 12.8. The number of methoxy groups -OCH3 is 1. The Morgan fingerprint density at radius 1 is 1.13 bits per heavy atom. The van der Waals surface area contributed by atoms with Crippen molar-refractivity contribution in [2.45, 2.75) is 19.9 Å². The number of benzene rings is 1. The zero-order valence-corrected chi connectivity index (χ0v) is 17.4. The fraction of sp³-hybridized carbons (Fsp3) is 0.348. The molecule has 30 heavy (non-hydrogen) atoms. The van der Waals surface area contributed by atoms with E-state index in [9.17, 15) is 14.7 Å². The average molecular weight is 410 g/mol. The van der Waals surface area contributed by atoms with Crippen molar-refractivity contribution in [1.29, 1.82) is 0 Å². The Morgan fingerprint density at radius 3 is 2.40 bits per heavy atom. The molecule has 1 aliphatic rings. The van der Waals surface area contributed by atoms with Crippen LogP contribution in [0.1, 0.15) is 31.0 Å². The largest absolute Gasteiger partial charge is 0.507 e. The van der Waals surface area contributed by atoms with Crippen LogP contribution in [0.15, 0.2) is 54.4 Å². The molecule has 0 aliphatic carbocycles. The Bertz CT molecular complexity index is 922. The number of Topliss-reactive ketones (excluding diaryl/α,β-unsaturated/α-hetero) is 1. The number of carbonyl (C=O) groups is 2. The van der Waals surface area contributed by atoms with Gasteiger partial charge in [-0.1, -0.05) is 26.0 Å². The van der Waals surface area contributed by atoms with Crippen LogP contribution >= 0.6 is 0 Å². The molecule has 1 amide bonds. The third-order valence-electron chi connectivity index (χ3n) is 4.81. The van der Waals surface area contributed by atoms with Crippen LogP contribution in [0.4, 0.5) is 0 Å². The second-order valence-electron chi connectivity index (χ2n) is 7.50. The molecule has 1 aromatic carbocycles. The number of rotatable bonds is 8. The van der Waals surface area contributed by atoms with Gasteiger partial charge in [-0.05, 0) is 35.7 Å². The van der Waals surface area contributed by atoms with Crippen LogP contribution in [0.25, 0.3) is 5.76 Å². The predicted molar refractivity (Wildman–Crippen MR) is 112 cm³/mol. The second kappa shape index (κ2) is 9.54. The number of aliphatic hydroxyl groups is 1. The van der Waals surface area contributed by atoms with Crippen LogP contribution in [0.2, 0.25) is 0 Å². The van der Waals surface area contributed by atoms with Crippen molar-refractivity contribution in [1.82, 2.24) is 9.88 Å². The van der Waals surface area contributed by atoms with Crippen molar-refractivity contribution in [2.75, 3.05) is 26.9 Å². The highest BCUT2D eigenvalue weighted by Gasteiger charge is 2.45. The van der Waals surface area contributed by atoms with Crippen LogP contribution < -0.4 is 4.74 Å². The van der Waals surface area contributed by atoms with E-state index in [1.807, 2.05) is 12.1 Å². The lowest BCUT2D eigenvalue weighted by molar-refractivity contribution is -0.140. The first-order chi connectivity index (χ1) is 14.4. The molecule has 7 nitrogen and oxygen atoms in total. The number of hydrogen-bond acceptors (Lipinski definition) is 6. The molecule has 1 saturated heterocycles. The number of aromatic nitrogens is 1. The molecule has 3 rings (SSSR count). The van der Waals surface area contributed by atoms with E-state index in [0.717, 1.165) is 0 Å². The smallest absolute Gasteiger partial charge is 0.295 e. The molecule has 0 bridgehead atoms. The van der Waals surface area contributed by atoms with E-state index >= 15 is 0 Å². The van der Waals surface area contributed by atoms with Gasteiger partial charge >= 0.3 is 0 Å². The number of pyridine rings is 1. The zero-order valence-electron chi connectivity index (χ0n) is 17.4. The summed E-state index contributed by atoms with van der Waals surface area (Å²) < 4.78 is 10.8. The fourth-order valence-corrected chi connectivity index (χ4v) is 3.32. The summed E-state index contributed by atoms with van der Waals surface area (Å²) in [6.45, 7) is 5.22. The van der Waals surface area contributed by atoms with Gasteiger partial charge < -0.3 is 19.5 Å². The maximum absolute atomic E-state index is 12.8. The first-order valence-corrected chi connectivity index (χ1v) is 9.84. The number of amides is 1. The predicted octanol–water partition coefficient (Wildman–Crippen LogP) is 3.18. The molecule has 0 saturated carbocycles. The third-order valence-corrected chi connectivity index (χ3v) is 4.81. The van der Waals surface area contributed by atoms with Gasteiger partial charge in [0.1, 0.15) is 11.5 Å². The molecule has 1 N–H and O–H groups in total. The van der Waals surface area contributed by atoms with Crippen molar-refractivity contribution in [3.8, 4) is 5.75 Å². The van der Waals surface area contributed by atoms with Gasteiger partial charge in [0.2, 0.25) is 0 Å². The number of carbonyl (C=O) groups excluding carboxylic acids is 2. The second-order valence-corrected chi connectivity index (χ2v) is 7.50. The van der Waals surface area contributed by atoms with Gasteiger partial charge in [-0.15, -0.1) is 0 Å². The first kappa shape index (κ1) is 21.5. The summed E-state index contributed by atoms with van der Waals surface area (Å²) in [6.07, 6.45) is 3.04. The molecule has 0 radical (unpaired) electrons. The summed E-state index contributed by atoms with van der Waals surface area (Å²) in [6, 6.07) is 9.71. The van der Waals surface area contributed by atoms with Crippen molar-refractivity contribution in [2.24, 2.45) is 5.92 Å². The first-order valence-electron chi connectivity index (χ1n) is 9.84. The van der Waals surface area contributed by atoms with Gasteiger partial charge in [-0.3, -0.25) is 14.6 Å². The number of ether oxygens (including phenoxy) is 2. The Hall–Kier alpha value is -3.19. The van der Waals surface area contributed by atoms with E-state index in [2.05, 4.69) is 18.8 Å². The van der Waals surface area contributed by atoms with Crippen LogP contribution in [-0.4, -0.2) is 53.5 Å². The van der Waals surface area contributed by atoms with Crippen LogP contribution in [0, 0.1) is 5.92 Å². The van der Waals surface area contributed by atoms with Crippen molar-refractivity contribution in [3.63, 3.8) is 0 Å². The van der Waals surface area contributed by atoms with Crippen molar-refractivity contribution >= 4 is 17.4 Å². The standard InChI is InChI=1S/C23H26N2O5/c1-15(2)14-30-18-6-4-16(5-7-18)20-19(21(26)17-8-10-24-11-9-17)22(27)23(28)25(20)12-13-29-3/h4-11,15,20,26H,12-14H2,1-3H3/b21-19-. The summed E-state index contributed by atoms with van der Waals surface area (Å²) in [7, 11) is 1.53. The quantitative estimate of drug-likeness (QED) is 0.408. The molecule has 2 heterocycles. The summed E-state index contributed by atoms with van der Waals surface area (Å²) in [4.78, 5) is 30.9. The lowest BCUT2D eigenvalue weighted by Gasteiger charge is -2.25. The Balaban J connectivity index is 2.03. The minimum Gasteiger partial charge on any atom is -0.507 e. The molecule has 1 atom stereocenters. The van der Waals surface area contributed by atoms with Crippen LogP contribution in [0.5, 0.6) is 5.75 Å². The normalized spacial score (nSPS) is 18.3. The number of nitrogens with zero attached hydrogens (tertiary/aromatic N) is 2. The van der Waals surface area contributed by atoms with Gasteiger partial charge in [0.05, 0.1) is 24.8 Å². The molecule has 2 aromatic rings. The number of likely N-dealkylation sites (tertiary alicyclic amines) is 1. The van der Waals surface area contributed by atoms with E-state index in [0.29, 0.717) is 29.4 Å². The average Bonchev–Trinajstić information content (AvgIpc) is 3.01. The number of aliphatic hydroxyl groups excluding tert-OH is 1. The molecule has 1 fully saturated rings. The van der Waals surface area contributed by atoms with E-state index in [-0.39, 0.29) is 24.5 Å². The van der Waals surface area contributed by atoms with Gasteiger partial charge in [0.25, 0.3) is 11.7 Å². The van der Waals surface area contributed by atoms with Gasteiger partial charge in [-0.25, -0.2) is 0 Å². The van der Waals surface area contributed by atoms with E-state index < -0.39 is 17.7 Å². The summed E-state index contributed by atoms with van der Waals surface area (Å²) in [5.41, 5.74) is 1.19. The summed E-state index contributed by atoms with van der Waals surface area (Å²) in [5, 5.41) is 10.9. The third kappa shape index (κ3) is 4.52. The Labute approximate surface area is 175 Å². The molecule has 0 spiro atoms. The molecule has 158 valence electrons. The van der Waals surface area contributed by atoms with Gasteiger partial charge in [-0.2, -0.15) is 0 Å². The highest BCUT2D eigenvalue weighted by Crippen LogP contribution is 2.39. The minimum absolute atomic E-state index is 0.0538. The summed E-state index contributed by atoms with van der Waals surface area (Å²) in [5.74, 6) is -0.499. The van der Waals surface area contributed by atoms with Crippen LogP contribution in [-0.2, 0) is 14.3 Å². The molecule has 1 unspecified atom stereocenters. The minimum atomic E-state index is -0.717. The molecular weight excluding hydrogens is 384 g/mol. The molecule has 7 heteroatoms. The highest BCUT2D eigenvalue weighted by atomic mass is 16.5. The van der Waals surface area contributed by atoms with Crippen molar-refractivity contribution in [3.05, 3.63) is 65.5 Å². The SMILES string of the molecule is COCCN1C(=O)C(=O)/C(=C(\O)c2ccncc2)C1c1ccc(OCC(C)C)cc1. The van der Waals surface area contributed by atoms with E-state index in [1.54, 1.807) is 24.3 Å². The molecule has 1 aromatic heterocycles. The van der Waals surface area contributed by atoms with Gasteiger partial charge in [0.15, 0.2) is 0 Å². The highest BCUT2D eigenvalue weighted by molar-refractivity contribution is 6.46. The lowest BCUT2D eigenvalue weighted by atomic mass is 9.95. The number of ketones is 1. The van der Waals surface area contributed by atoms with Crippen LogP contribution in [0.3, 0.4) is 0 Å². The number of hydrogen-bond donors (Lipinski definition) is 1. The fourth-order valence-electron chi connectivity index (χ4n) is 3.32. The summed E-state index contributed by atoms with van der Waals surface area (Å²) >= 11 is 0. The van der Waals surface area contributed by atoms with Gasteiger partial charge in [0, 0.05) is 31.6 Å². The lowest BCUT2D eigenvalue weighted by Crippen LogP contribution is -2.32. The van der Waals surface area contributed by atoms with E-state index in [1.165, 1.54) is 24.4 Å². The van der Waals surface area contributed by atoms with Crippen molar-refractivity contribution < 1.29 is 24.2 Å². The zero-order chi connectivity index (χ0) is 21.7. The topological polar surface area (TPSA) is 89.0 Å². The monoisotopic (exact) mass is 410 g/mol. The maximum Gasteiger partial charge on any atom is 0.295 e. The molecular formula is C23H26N2O5. The van der Waals surface area contributed by atoms with E-state index in [4.69, 9.17) is 9.47 Å².